The number of ketones is 1. The molecule has 1 amide bonds. The first-order valence-corrected chi connectivity index (χ1v) is 13.4. The summed E-state index contributed by atoms with van der Waals surface area (Å²) in [4.78, 5) is 44.2. The van der Waals surface area contributed by atoms with E-state index in [-0.39, 0.29) is 30.7 Å². The molecule has 1 fully saturated rings. The van der Waals surface area contributed by atoms with E-state index in [1.54, 1.807) is 19.1 Å². The average Bonchev–Trinajstić information content (AvgIpc) is 3.26. The molecular formula is C29H38ClN7O4. The summed E-state index contributed by atoms with van der Waals surface area (Å²) in [5.74, 6) is -1.09. The van der Waals surface area contributed by atoms with E-state index in [4.69, 9.17) is 16.1 Å². The van der Waals surface area contributed by atoms with Crippen LogP contribution in [0.2, 0.25) is 0 Å². The predicted molar refractivity (Wildman–Crippen MR) is 161 cm³/mol. The number of aliphatic carboxylic acids is 1. The maximum atomic E-state index is 13.9. The number of carboxylic acids is 1. The summed E-state index contributed by atoms with van der Waals surface area (Å²) in [5.41, 5.74) is 8.24. The first-order valence-electron chi connectivity index (χ1n) is 13.4. The van der Waals surface area contributed by atoms with Gasteiger partial charge < -0.3 is 25.6 Å². The highest BCUT2D eigenvalue weighted by Gasteiger charge is 2.40. The van der Waals surface area contributed by atoms with Crippen LogP contribution in [0.3, 0.4) is 0 Å². The minimum absolute atomic E-state index is 0. The van der Waals surface area contributed by atoms with Crippen molar-refractivity contribution in [1.29, 1.82) is 5.41 Å². The average molecular weight is 584 g/mol. The summed E-state index contributed by atoms with van der Waals surface area (Å²) in [6, 6.07) is 11.6. The Bertz CT molecular complexity index is 1420. The van der Waals surface area contributed by atoms with Crippen LogP contribution in [0.5, 0.6) is 0 Å². The van der Waals surface area contributed by atoms with Crippen molar-refractivity contribution in [3.8, 4) is 0 Å². The predicted octanol–water partition coefficient (Wildman–Crippen LogP) is 2.79. The van der Waals surface area contributed by atoms with Crippen LogP contribution < -0.4 is 16.4 Å². The highest BCUT2D eigenvalue weighted by molar-refractivity contribution is 6.01. The maximum Gasteiger partial charge on any atom is 0.328 e. The van der Waals surface area contributed by atoms with Gasteiger partial charge in [0.2, 0.25) is 5.91 Å². The third kappa shape index (κ3) is 6.86. The van der Waals surface area contributed by atoms with Crippen LogP contribution in [0.1, 0.15) is 50.1 Å². The number of piperidine rings is 1. The fourth-order valence-corrected chi connectivity index (χ4v) is 5.16. The van der Waals surface area contributed by atoms with Gasteiger partial charge in [0.1, 0.15) is 11.7 Å². The highest BCUT2D eigenvalue weighted by atomic mass is 35.5. The van der Waals surface area contributed by atoms with Crippen molar-refractivity contribution in [3.63, 3.8) is 0 Å². The van der Waals surface area contributed by atoms with Crippen LogP contribution in [0.25, 0.3) is 11.0 Å². The Morgan fingerprint density at radius 1 is 1.12 bits per heavy atom. The molecule has 1 aromatic heterocycles. The molecule has 2 unspecified atom stereocenters. The second-order valence-corrected chi connectivity index (χ2v) is 10.6. The number of nitrogens with two attached hydrogens (primary N) is 1. The van der Waals surface area contributed by atoms with Crippen molar-refractivity contribution in [3.05, 3.63) is 59.4 Å². The molecule has 0 saturated carbocycles. The fraction of sp³-hybridized carbons (Fsp3) is 0.414. The Morgan fingerprint density at radius 3 is 2.37 bits per heavy atom. The Morgan fingerprint density at radius 2 is 1.78 bits per heavy atom. The molecule has 12 heteroatoms. The number of fused-ring (bicyclic) bond motifs is 1. The Hall–Kier alpha value is -3.96. The minimum atomic E-state index is -1.39. The number of nitrogen functional groups attached to an aromatic ring is 1. The topological polar surface area (TPSA) is 166 Å². The van der Waals surface area contributed by atoms with Gasteiger partial charge in [-0.05, 0) is 75.1 Å². The molecule has 0 spiro atoms. The number of aromatic nitrogens is 2. The van der Waals surface area contributed by atoms with Gasteiger partial charge >= 0.3 is 5.97 Å². The lowest BCUT2D eigenvalue weighted by Gasteiger charge is -2.37. The molecule has 220 valence electrons. The standard InChI is InChI=1S/C29H37N7O4.ClH/c1-18(37)25(27(38)39)33-17-29(2,28(40)36-13-5-4-6-14-36)20-9-12-23-22(15-20)34-24(35(23)3)16-32-21-10-7-19(8-11-21)26(30)31;/h7-12,15,25,32-33H,4-6,13-14,16-17H2,1-3H3,(H3,30,31)(H,38,39);1H. The van der Waals surface area contributed by atoms with Crippen molar-refractivity contribution < 1.29 is 19.5 Å². The monoisotopic (exact) mass is 583 g/mol. The number of carboxylic acid groups (broad SMARTS) is 1. The maximum absolute atomic E-state index is 13.9. The molecule has 2 heterocycles. The summed E-state index contributed by atoms with van der Waals surface area (Å²) >= 11 is 0. The summed E-state index contributed by atoms with van der Waals surface area (Å²) in [6.07, 6.45) is 2.92. The Labute approximate surface area is 245 Å². The van der Waals surface area contributed by atoms with Crippen molar-refractivity contribution in [2.45, 2.75) is 51.1 Å². The van der Waals surface area contributed by atoms with E-state index in [1.165, 1.54) is 6.92 Å². The normalized spacial score (nSPS) is 15.4. The van der Waals surface area contributed by atoms with Gasteiger partial charge in [-0.25, -0.2) is 4.98 Å². The zero-order valence-corrected chi connectivity index (χ0v) is 24.4. The number of amides is 1. The Balaban J connectivity index is 0.00000462. The molecule has 2 aromatic carbocycles. The number of carbonyl (C=O) groups excluding carboxylic acids is 2. The number of nitrogens with one attached hydrogen (secondary N) is 3. The van der Waals surface area contributed by atoms with Crippen LogP contribution in [0.15, 0.2) is 42.5 Å². The number of amidine groups is 1. The Kier molecular flexibility index (Phi) is 10.1. The van der Waals surface area contributed by atoms with E-state index in [0.717, 1.165) is 36.3 Å². The van der Waals surface area contributed by atoms with Gasteiger partial charge in [0.15, 0.2) is 11.8 Å². The van der Waals surface area contributed by atoms with Crippen molar-refractivity contribution >= 4 is 52.6 Å². The molecule has 0 bridgehead atoms. The largest absolute Gasteiger partial charge is 0.480 e. The second kappa shape index (κ2) is 13.1. The molecule has 41 heavy (non-hydrogen) atoms. The summed E-state index contributed by atoms with van der Waals surface area (Å²) in [6.45, 7) is 4.76. The first kappa shape index (κ1) is 31.6. The number of nitrogens with zero attached hydrogens (tertiary/aromatic N) is 3. The highest BCUT2D eigenvalue weighted by Crippen LogP contribution is 2.30. The number of likely N-dealkylation sites (tertiary alicyclic amines) is 1. The van der Waals surface area contributed by atoms with E-state index >= 15 is 0 Å². The number of carbonyl (C=O) groups is 3. The van der Waals surface area contributed by atoms with Crippen LogP contribution in [0.4, 0.5) is 5.69 Å². The number of imidazole rings is 1. The SMILES string of the molecule is CC(=O)C(NCC(C)(C(=O)N1CCCCC1)c1ccc2c(c1)nc(CNc1ccc(C(=N)N)cc1)n2C)C(=O)O.Cl. The van der Waals surface area contributed by atoms with Gasteiger partial charge in [-0.3, -0.25) is 25.1 Å². The van der Waals surface area contributed by atoms with E-state index in [2.05, 4.69) is 10.6 Å². The molecule has 1 aliphatic heterocycles. The zero-order valence-electron chi connectivity index (χ0n) is 23.6. The number of halogens is 1. The van der Waals surface area contributed by atoms with E-state index < -0.39 is 23.2 Å². The number of aryl methyl sites for hydroxylation is 1. The van der Waals surface area contributed by atoms with Crippen LogP contribution in [-0.4, -0.2) is 68.7 Å². The third-order valence-corrected chi connectivity index (χ3v) is 7.69. The number of rotatable bonds is 11. The molecule has 2 atom stereocenters. The molecule has 11 nitrogen and oxygen atoms in total. The van der Waals surface area contributed by atoms with Gasteiger partial charge in [-0.2, -0.15) is 0 Å². The molecule has 1 saturated heterocycles. The quantitative estimate of drug-likeness (QED) is 0.130. The van der Waals surface area contributed by atoms with Crippen LogP contribution in [-0.2, 0) is 33.4 Å². The van der Waals surface area contributed by atoms with Crippen LogP contribution in [0, 0.1) is 5.41 Å². The number of Topliss-reactive ketones (excluding diaryl/α,β-unsaturated/α-hetero) is 1. The summed E-state index contributed by atoms with van der Waals surface area (Å²) in [7, 11) is 1.93. The molecule has 0 radical (unpaired) electrons. The van der Waals surface area contributed by atoms with E-state index in [9.17, 15) is 19.5 Å². The van der Waals surface area contributed by atoms with Gasteiger partial charge in [0.25, 0.3) is 0 Å². The first-order chi connectivity index (χ1) is 19.0. The smallest absolute Gasteiger partial charge is 0.328 e. The molecule has 0 aliphatic carbocycles. The summed E-state index contributed by atoms with van der Waals surface area (Å²) in [5, 5.41) is 23.2. The van der Waals surface area contributed by atoms with Crippen molar-refractivity contribution in [2.24, 2.45) is 12.8 Å². The van der Waals surface area contributed by atoms with Gasteiger partial charge in [0, 0.05) is 37.9 Å². The zero-order chi connectivity index (χ0) is 29.0. The number of benzene rings is 2. The molecular weight excluding hydrogens is 546 g/mol. The van der Waals surface area contributed by atoms with E-state index in [0.29, 0.717) is 36.3 Å². The number of anilines is 1. The lowest BCUT2D eigenvalue weighted by molar-refractivity contribution is -0.144. The van der Waals surface area contributed by atoms with Crippen LogP contribution >= 0.6 is 12.4 Å². The fourth-order valence-electron chi connectivity index (χ4n) is 5.16. The number of hydrogen-bond acceptors (Lipinski definition) is 7. The van der Waals surface area contributed by atoms with E-state index in [1.807, 2.05) is 46.8 Å². The molecule has 1 aliphatic rings. The molecule has 4 rings (SSSR count). The van der Waals surface area contributed by atoms with Gasteiger partial charge in [-0.15, -0.1) is 12.4 Å². The molecule has 6 N–H and O–H groups in total. The lowest BCUT2D eigenvalue weighted by Crippen LogP contribution is -2.55. The van der Waals surface area contributed by atoms with Gasteiger partial charge in [-0.1, -0.05) is 6.07 Å². The lowest BCUT2D eigenvalue weighted by atomic mass is 9.80. The molecule has 3 aromatic rings. The number of hydrogen-bond donors (Lipinski definition) is 5. The van der Waals surface area contributed by atoms with Gasteiger partial charge in [0.05, 0.1) is 23.0 Å². The minimum Gasteiger partial charge on any atom is -0.480 e. The summed E-state index contributed by atoms with van der Waals surface area (Å²) < 4.78 is 1.98. The second-order valence-electron chi connectivity index (χ2n) is 10.6. The third-order valence-electron chi connectivity index (χ3n) is 7.69. The van der Waals surface area contributed by atoms with Crippen molar-refractivity contribution in [2.75, 3.05) is 25.0 Å². The van der Waals surface area contributed by atoms with Crippen molar-refractivity contribution in [1.82, 2.24) is 19.8 Å².